The van der Waals surface area contributed by atoms with Gasteiger partial charge in [-0.25, -0.2) is 4.57 Å². The van der Waals surface area contributed by atoms with Crippen LogP contribution in [0.15, 0.2) is 0 Å². The van der Waals surface area contributed by atoms with Crippen LogP contribution in [0.1, 0.15) is 219 Å². The summed E-state index contributed by atoms with van der Waals surface area (Å²) in [5, 5.41) is 13.8. The first-order chi connectivity index (χ1) is 23.9. The third-order valence-corrected chi connectivity index (χ3v) is 10.7. The lowest BCUT2D eigenvalue weighted by molar-refractivity contribution is -0.123. The lowest BCUT2D eigenvalue weighted by Gasteiger charge is -2.25. The molecule has 0 radical (unpaired) electrons. The molecule has 8 nitrogen and oxygen atoms in total. The predicted octanol–water partition coefficient (Wildman–Crippen LogP) is 11.4. The Morgan fingerprint density at radius 2 is 0.939 bits per heavy atom. The molecule has 1 amide bonds. The fourth-order valence-corrected chi connectivity index (χ4v) is 7.25. The highest BCUT2D eigenvalue weighted by atomic mass is 31.2. The van der Waals surface area contributed by atoms with Crippen molar-refractivity contribution in [2.24, 2.45) is 5.73 Å². The molecule has 0 aliphatic rings. The molecular formula is C40H83N2O6P. The Labute approximate surface area is 303 Å². The molecule has 3 unspecified atom stereocenters. The first-order valence-corrected chi connectivity index (χ1v) is 22.6. The van der Waals surface area contributed by atoms with E-state index in [0.717, 1.165) is 38.5 Å². The Kier molecular flexibility index (Phi) is 36.9. The lowest BCUT2D eigenvalue weighted by Crippen LogP contribution is -2.46. The zero-order chi connectivity index (χ0) is 36.1. The quantitative estimate of drug-likeness (QED) is 0.0366. The van der Waals surface area contributed by atoms with Gasteiger partial charge in [0, 0.05) is 13.0 Å². The molecule has 9 heteroatoms. The number of hydrogen-bond donors (Lipinski definition) is 4. The van der Waals surface area contributed by atoms with Gasteiger partial charge in [-0.15, -0.1) is 0 Å². The summed E-state index contributed by atoms with van der Waals surface area (Å²) in [5.74, 6) is -0.158. The minimum atomic E-state index is -4.30. The number of rotatable bonds is 40. The standard InChI is InChI=1S/C40H83N2O6P/c1-3-5-7-9-11-13-15-17-18-19-20-21-22-24-26-28-30-32-34-40(44)42-38(37-48-49(45,46)47-36-35-41)39(43)33-31-29-27-25-23-16-14-12-10-8-6-4-2/h38-39,43H,3-37,41H2,1-2H3,(H,42,44)(H,45,46). The number of aliphatic hydroxyl groups excluding tert-OH is 1. The molecule has 0 bridgehead atoms. The molecule has 0 aromatic rings. The van der Waals surface area contributed by atoms with Crippen LogP contribution >= 0.6 is 7.82 Å². The topological polar surface area (TPSA) is 131 Å². The van der Waals surface area contributed by atoms with Crippen LogP contribution in [0.5, 0.6) is 0 Å². The lowest BCUT2D eigenvalue weighted by atomic mass is 10.0. The number of hydrogen-bond acceptors (Lipinski definition) is 6. The Morgan fingerprint density at radius 1 is 0.592 bits per heavy atom. The van der Waals surface area contributed by atoms with Crippen molar-refractivity contribution in [3.8, 4) is 0 Å². The summed E-state index contributed by atoms with van der Waals surface area (Å²) < 4.78 is 22.1. The van der Waals surface area contributed by atoms with Gasteiger partial charge in [0.1, 0.15) is 0 Å². The highest BCUT2D eigenvalue weighted by molar-refractivity contribution is 7.47. The maximum absolute atomic E-state index is 12.7. The smallest absolute Gasteiger partial charge is 0.391 e. The molecule has 0 spiro atoms. The summed E-state index contributed by atoms with van der Waals surface area (Å²) in [6.45, 7) is 4.22. The second-order valence-corrected chi connectivity index (χ2v) is 16.0. The van der Waals surface area contributed by atoms with Crippen molar-refractivity contribution in [2.75, 3.05) is 19.8 Å². The van der Waals surface area contributed by atoms with Crippen molar-refractivity contribution < 1.29 is 28.4 Å². The maximum atomic E-state index is 12.7. The number of amides is 1. The molecule has 0 saturated carbocycles. The van der Waals surface area contributed by atoms with E-state index in [2.05, 4.69) is 19.2 Å². The molecule has 0 fully saturated rings. The van der Waals surface area contributed by atoms with Crippen LogP contribution in [0.3, 0.4) is 0 Å². The van der Waals surface area contributed by atoms with Gasteiger partial charge in [-0.1, -0.05) is 200 Å². The minimum absolute atomic E-state index is 0.0923. The predicted molar refractivity (Wildman–Crippen MR) is 208 cm³/mol. The molecule has 0 heterocycles. The molecule has 294 valence electrons. The molecule has 0 rings (SSSR count). The normalized spacial score (nSPS) is 14.1. The summed E-state index contributed by atoms with van der Waals surface area (Å²) in [6, 6.07) is -0.766. The number of carbonyl (C=O) groups is 1. The number of aliphatic hydroxyl groups is 1. The second kappa shape index (κ2) is 37.3. The number of phosphoric acid groups is 1. The second-order valence-electron chi connectivity index (χ2n) is 14.6. The average Bonchev–Trinajstić information content (AvgIpc) is 3.09. The van der Waals surface area contributed by atoms with Crippen LogP contribution in [0, 0.1) is 0 Å². The van der Waals surface area contributed by atoms with Crippen LogP contribution in [-0.2, 0) is 18.4 Å². The Morgan fingerprint density at radius 3 is 1.31 bits per heavy atom. The van der Waals surface area contributed by atoms with Crippen LogP contribution < -0.4 is 11.1 Å². The Bertz CT molecular complexity index is 744. The fourth-order valence-electron chi connectivity index (χ4n) is 6.49. The van der Waals surface area contributed by atoms with Gasteiger partial charge < -0.3 is 21.1 Å². The first kappa shape index (κ1) is 48.5. The molecule has 0 aromatic carbocycles. The molecule has 0 aliphatic heterocycles. The number of nitrogens with two attached hydrogens (primary N) is 1. The van der Waals surface area contributed by atoms with Crippen molar-refractivity contribution in [2.45, 2.75) is 231 Å². The van der Waals surface area contributed by atoms with E-state index in [-0.39, 0.29) is 25.7 Å². The summed E-state index contributed by atoms with van der Waals surface area (Å²) in [4.78, 5) is 22.7. The fraction of sp³-hybridized carbons (Fsp3) is 0.975. The van der Waals surface area contributed by atoms with E-state index in [1.165, 1.54) is 154 Å². The molecular weight excluding hydrogens is 635 g/mol. The zero-order valence-corrected chi connectivity index (χ0v) is 33.3. The van der Waals surface area contributed by atoms with Gasteiger partial charge in [0.25, 0.3) is 0 Å². The molecule has 0 saturated heterocycles. The number of nitrogens with one attached hydrogen (secondary N) is 1. The van der Waals surface area contributed by atoms with Crippen molar-refractivity contribution in [3.05, 3.63) is 0 Å². The van der Waals surface area contributed by atoms with Gasteiger partial charge in [0.2, 0.25) is 5.91 Å². The summed E-state index contributed by atoms with van der Waals surface area (Å²) in [6.07, 6.45) is 38.2. The van der Waals surface area contributed by atoms with E-state index in [0.29, 0.717) is 12.8 Å². The third kappa shape index (κ3) is 35.7. The summed E-state index contributed by atoms with van der Waals surface area (Å²) in [7, 11) is -4.30. The van der Waals surface area contributed by atoms with Crippen molar-refractivity contribution >= 4 is 13.7 Å². The summed E-state index contributed by atoms with van der Waals surface area (Å²) >= 11 is 0. The van der Waals surface area contributed by atoms with E-state index in [9.17, 15) is 19.4 Å². The average molecular weight is 719 g/mol. The van der Waals surface area contributed by atoms with Crippen LogP contribution in [0.4, 0.5) is 0 Å². The SMILES string of the molecule is CCCCCCCCCCCCCCCCCCCCC(=O)NC(COP(=O)(O)OCCN)C(O)CCCCCCCCCCCCCC. The van der Waals surface area contributed by atoms with E-state index < -0.39 is 20.0 Å². The van der Waals surface area contributed by atoms with Gasteiger partial charge in [-0.3, -0.25) is 13.8 Å². The molecule has 3 atom stereocenters. The van der Waals surface area contributed by atoms with Crippen LogP contribution in [-0.4, -0.2) is 47.8 Å². The Hall–Kier alpha value is -0.500. The van der Waals surface area contributed by atoms with Gasteiger partial charge in [-0.2, -0.15) is 0 Å². The van der Waals surface area contributed by atoms with E-state index in [1.54, 1.807) is 0 Å². The summed E-state index contributed by atoms with van der Waals surface area (Å²) in [5.41, 5.74) is 5.37. The number of carbonyl (C=O) groups excluding carboxylic acids is 1. The molecule has 49 heavy (non-hydrogen) atoms. The van der Waals surface area contributed by atoms with Gasteiger partial charge >= 0.3 is 7.82 Å². The highest BCUT2D eigenvalue weighted by Gasteiger charge is 2.27. The maximum Gasteiger partial charge on any atom is 0.472 e. The van der Waals surface area contributed by atoms with Crippen LogP contribution in [0.25, 0.3) is 0 Å². The molecule has 0 aromatic heterocycles. The number of unbranched alkanes of at least 4 members (excludes halogenated alkanes) is 28. The molecule has 0 aliphatic carbocycles. The van der Waals surface area contributed by atoms with Gasteiger partial charge in [-0.05, 0) is 12.8 Å². The third-order valence-electron chi connectivity index (χ3n) is 9.71. The first-order valence-electron chi connectivity index (χ1n) is 21.2. The monoisotopic (exact) mass is 719 g/mol. The van der Waals surface area contributed by atoms with Crippen molar-refractivity contribution in [3.63, 3.8) is 0 Å². The van der Waals surface area contributed by atoms with Crippen molar-refractivity contribution in [1.82, 2.24) is 5.32 Å². The zero-order valence-electron chi connectivity index (χ0n) is 32.5. The van der Waals surface area contributed by atoms with Crippen molar-refractivity contribution in [1.29, 1.82) is 0 Å². The largest absolute Gasteiger partial charge is 0.472 e. The van der Waals surface area contributed by atoms with E-state index >= 15 is 0 Å². The highest BCUT2D eigenvalue weighted by Crippen LogP contribution is 2.43. The number of phosphoric ester groups is 1. The van der Waals surface area contributed by atoms with Gasteiger partial charge in [0.05, 0.1) is 25.4 Å². The van der Waals surface area contributed by atoms with Gasteiger partial charge in [0.15, 0.2) is 0 Å². The van der Waals surface area contributed by atoms with E-state index in [1.807, 2.05) is 0 Å². The Balaban J connectivity index is 4.10. The molecule has 5 N–H and O–H groups in total. The van der Waals surface area contributed by atoms with Crippen LogP contribution in [0.2, 0.25) is 0 Å². The van der Waals surface area contributed by atoms with E-state index in [4.69, 9.17) is 14.8 Å². The minimum Gasteiger partial charge on any atom is -0.391 e.